The summed E-state index contributed by atoms with van der Waals surface area (Å²) in [5.74, 6) is -0.282. The van der Waals surface area contributed by atoms with Crippen LogP contribution in [0.5, 0.6) is 5.75 Å². The average Bonchev–Trinajstić information content (AvgIpc) is 3.44. The number of methoxy groups -OCH3 is 1. The van der Waals surface area contributed by atoms with Crippen LogP contribution in [0.2, 0.25) is 0 Å². The number of hydrogen-bond acceptors (Lipinski definition) is 5. The highest BCUT2D eigenvalue weighted by molar-refractivity contribution is 5.88. The summed E-state index contributed by atoms with van der Waals surface area (Å²) in [6.07, 6.45) is 5.48. The van der Waals surface area contributed by atoms with Gasteiger partial charge in [0.1, 0.15) is 11.8 Å². The van der Waals surface area contributed by atoms with Crippen LogP contribution in [0, 0.1) is 0 Å². The first kappa shape index (κ1) is 27.7. The van der Waals surface area contributed by atoms with Crippen molar-refractivity contribution in [1.29, 1.82) is 0 Å². The van der Waals surface area contributed by atoms with Crippen molar-refractivity contribution in [2.75, 3.05) is 26.7 Å². The smallest absolute Gasteiger partial charge is 0.315 e. The molecule has 0 aliphatic carbocycles. The van der Waals surface area contributed by atoms with Gasteiger partial charge in [-0.05, 0) is 36.1 Å². The van der Waals surface area contributed by atoms with Crippen LogP contribution in [0.1, 0.15) is 36.1 Å². The van der Waals surface area contributed by atoms with Gasteiger partial charge in [-0.3, -0.25) is 9.59 Å². The summed E-state index contributed by atoms with van der Waals surface area (Å²) in [6, 6.07) is 16.2. The fourth-order valence-corrected chi connectivity index (χ4v) is 5.05. The molecule has 3 aromatic rings. The maximum Gasteiger partial charge on any atom is 0.315 e. The predicted molar refractivity (Wildman–Crippen MR) is 145 cm³/mol. The van der Waals surface area contributed by atoms with Crippen LogP contribution >= 0.6 is 0 Å². The number of benzene rings is 2. The molecule has 0 radical (unpaired) electrons. The Labute approximate surface area is 227 Å². The summed E-state index contributed by atoms with van der Waals surface area (Å²) >= 11 is 0. The number of ether oxygens (including phenoxy) is 1. The highest BCUT2D eigenvalue weighted by Crippen LogP contribution is 2.39. The first-order chi connectivity index (χ1) is 18.9. The summed E-state index contributed by atoms with van der Waals surface area (Å²) in [7, 11) is 1.59. The number of imidazole rings is 1. The molecule has 4 N–H and O–H groups in total. The largest absolute Gasteiger partial charge is 0.497 e. The molecule has 1 aliphatic rings. The number of aliphatic carboxylic acids is 1. The Morgan fingerprint density at radius 2 is 1.87 bits per heavy atom. The molecule has 1 aliphatic heterocycles. The maximum atomic E-state index is 13.7. The molecular formula is C29H35N5O5. The second-order valence-electron chi connectivity index (χ2n) is 9.92. The fourth-order valence-electron chi connectivity index (χ4n) is 5.05. The van der Waals surface area contributed by atoms with Gasteiger partial charge in [-0.1, -0.05) is 42.5 Å². The Balaban J connectivity index is 1.44. The molecule has 2 aromatic carbocycles. The van der Waals surface area contributed by atoms with Gasteiger partial charge in [-0.15, -0.1) is 0 Å². The van der Waals surface area contributed by atoms with Gasteiger partial charge in [-0.2, -0.15) is 0 Å². The van der Waals surface area contributed by atoms with Gasteiger partial charge in [-0.25, -0.2) is 9.78 Å². The maximum absolute atomic E-state index is 13.7. The average molecular weight is 534 g/mol. The standard InChI is InChI=1S/C29H35N5O5/c1-39-24-11-9-21(10-12-24)16-25(33-28(38)31-15-13-23-17-30-20-32-23)27(37)34-18-29(19-34,14-5-8-26(35)36)22-6-3-2-4-7-22/h2-4,6-7,9-12,17,20,25H,5,8,13-16,18-19H2,1H3,(H,30,32)(H,35,36)(H2,31,33,38). The number of aromatic nitrogens is 2. The van der Waals surface area contributed by atoms with E-state index in [0.29, 0.717) is 51.1 Å². The molecule has 1 atom stereocenters. The number of amides is 3. The van der Waals surface area contributed by atoms with Crippen molar-refractivity contribution < 1.29 is 24.2 Å². The Hall–Kier alpha value is -4.34. The lowest BCUT2D eigenvalue weighted by atomic mass is 9.70. The minimum Gasteiger partial charge on any atom is -0.497 e. The third-order valence-electron chi connectivity index (χ3n) is 7.17. The third kappa shape index (κ3) is 7.37. The zero-order valence-corrected chi connectivity index (χ0v) is 22.1. The highest BCUT2D eigenvalue weighted by atomic mass is 16.5. The molecule has 0 bridgehead atoms. The molecule has 3 amide bonds. The molecule has 206 valence electrons. The number of H-pyrrole nitrogens is 1. The topological polar surface area (TPSA) is 137 Å². The summed E-state index contributed by atoms with van der Waals surface area (Å²) in [4.78, 5) is 46.3. The molecule has 1 saturated heterocycles. The number of urea groups is 1. The number of carboxylic acid groups (broad SMARTS) is 1. The normalized spacial score (nSPS) is 14.6. The number of nitrogens with zero attached hydrogens (tertiary/aromatic N) is 2. The van der Waals surface area contributed by atoms with E-state index in [9.17, 15) is 14.4 Å². The van der Waals surface area contributed by atoms with E-state index < -0.39 is 18.0 Å². The van der Waals surface area contributed by atoms with Gasteiger partial charge in [0.25, 0.3) is 0 Å². The predicted octanol–water partition coefficient (Wildman–Crippen LogP) is 2.91. The minimum absolute atomic E-state index is 0.0862. The van der Waals surface area contributed by atoms with E-state index in [-0.39, 0.29) is 17.7 Å². The van der Waals surface area contributed by atoms with Crippen molar-refractivity contribution in [3.8, 4) is 5.75 Å². The van der Waals surface area contributed by atoms with Gasteiger partial charge in [0.15, 0.2) is 0 Å². The molecule has 4 rings (SSSR count). The number of carboxylic acids is 1. The van der Waals surface area contributed by atoms with Crippen LogP contribution in [0.15, 0.2) is 67.1 Å². The van der Waals surface area contributed by atoms with Crippen molar-refractivity contribution in [2.45, 2.75) is 43.6 Å². The molecule has 0 saturated carbocycles. The lowest BCUT2D eigenvalue weighted by Crippen LogP contribution is -2.65. The van der Waals surface area contributed by atoms with E-state index in [1.165, 1.54) is 0 Å². The number of hydrogen-bond donors (Lipinski definition) is 4. The van der Waals surface area contributed by atoms with Gasteiger partial charge >= 0.3 is 12.0 Å². The molecule has 2 heterocycles. The summed E-state index contributed by atoms with van der Waals surface area (Å²) in [5, 5.41) is 14.8. The van der Waals surface area contributed by atoms with Crippen molar-refractivity contribution in [3.05, 3.63) is 83.9 Å². The summed E-state index contributed by atoms with van der Waals surface area (Å²) in [6.45, 7) is 1.33. The Morgan fingerprint density at radius 3 is 2.51 bits per heavy atom. The minimum atomic E-state index is -0.826. The number of nitrogens with one attached hydrogen (secondary N) is 3. The van der Waals surface area contributed by atoms with Gasteiger partial charge in [0.05, 0.1) is 13.4 Å². The van der Waals surface area contributed by atoms with E-state index in [4.69, 9.17) is 9.84 Å². The first-order valence-electron chi connectivity index (χ1n) is 13.1. The Bertz CT molecular complexity index is 1220. The highest BCUT2D eigenvalue weighted by Gasteiger charge is 2.47. The van der Waals surface area contributed by atoms with Crippen LogP contribution in [0.3, 0.4) is 0 Å². The van der Waals surface area contributed by atoms with Crippen molar-refractivity contribution in [1.82, 2.24) is 25.5 Å². The molecule has 10 nitrogen and oxygen atoms in total. The third-order valence-corrected chi connectivity index (χ3v) is 7.17. The Morgan fingerprint density at radius 1 is 1.13 bits per heavy atom. The van der Waals surface area contributed by atoms with Crippen LogP contribution in [0.25, 0.3) is 0 Å². The van der Waals surface area contributed by atoms with Crippen LogP contribution in [0.4, 0.5) is 4.79 Å². The molecule has 1 aromatic heterocycles. The zero-order valence-electron chi connectivity index (χ0n) is 22.1. The van der Waals surface area contributed by atoms with Gasteiger partial charge < -0.3 is 30.4 Å². The van der Waals surface area contributed by atoms with Gasteiger partial charge in [0, 0.05) is 56.2 Å². The zero-order chi connectivity index (χ0) is 27.7. The summed E-state index contributed by atoms with van der Waals surface area (Å²) in [5.41, 5.74) is 2.59. The van der Waals surface area contributed by atoms with Gasteiger partial charge in [0.2, 0.25) is 5.91 Å². The quantitative estimate of drug-likeness (QED) is 0.267. The number of rotatable bonds is 13. The molecule has 39 heavy (non-hydrogen) atoms. The molecule has 0 spiro atoms. The molecular weight excluding hydrogens is 498 g/mol. The van der Waals surface area contributed by atoms with Crippen LogP contribution in [-0.4, -0.2) is 70.7 Å². The van der Waals surface area contributed by atoms with Crippen molar-refractivity contribution in [2.24, 2.45) is 0 Å². The fraction of sp³-hybridized carbons (Fsp3) is 0.379. The van der Waals surface area contributed by atoms with E-state index in [1.54, 1.807) is 24.5 Å². The van der Waals surface area contributed by atoms with E-state index in [0.717, 1.165) is 16.8 Å². The van der Waals surface area contributed by atoms with Crippen LogP contribution in [-0.2, 0) is 27.8 Å². The molecule has 1 fully saturated rings. The monoisotopic (exact) mass is 533 g/mol. The second-order valence-corrected chi connectivity index (χ2v) is 9.92. The lowest BCUT2D eigenvalue weighted by molar-refractivity contribution is -0.142. The van der Waals surface area contributed by atoms with E-state index in [1.807, 2.05) is 54.6 Å². The van der Waals surface area contributed by atoms with Crippen molar-refractivity contribution >= 4 is 17.9 Å². The molecule has 1 unspecified atom stereocenters. The van der Waals surface area contributed by atoms with Crippen LogP contribution < -0.4 is 15.4 Å². The summed E-state index contributed by atoms with van der Waals surface area (Å²) < 4.78 is 5.24. The number of aromatic amines is 1. The van der Waals surface area contributed by atoms with Crippen molar-refractivity contribution in [3.63, 3.8) is 0 Å². The Kier molecular flexibility index (Phi) is 9.19. The number of likely N-dealkylation sites (tertiary alicyclic amines) is 1. The second kappa shape index (κ2) is 12.9. The number of carbonyl (C=O) groups is 3. The first-order valence-corrected chi connectivity index (χ1v) is 13.1. The lowest BCUT2D eigenvalue weighted by Gasteiger charge is -2.51. The van der Waals surface area contributed by atoms with E-state index in [2.05, 4.69) is 20.6 Å². The molecule has 10 heteroatoms. The van der Waals surface area contributed by atoms with E-state index >= 15 is 0 Å². The number of carbonyl (C=O) groups excluding carboxylic acids is 2. The SMILES string of the molecule is COc1ccc(CC(NC(=O)NCCc2cnc[nH]2)C(=O)N2CC(CCCC(=O)O)(c3ccccc3)C2)cc1.